The Bertz CT molecular complexity index is 2490. The van der Waals surface area contributed by atoms with Crippen molar-refractivity contribution in [3.05, 3.63) is 76.3 Å². The minimum absolute atomic E-state index is 0.0392. The number of carbonyl (C=O) groups excluding carboxylic acids is 2. The molecule has 1 amide bonds. The lowest BCUT2D eigenvalue weighted by molar-refractivity contribution is -0.195. The zero-order valence-corrected chi connectivity index (χ0v) is 62.0. The molecule has 3 aromatic rings. The minimum atomic E-state index is -2.46. The molecule has 5 atom stereocenters. The van der Waals surface area contributed by atoms with Crippen LogP contribution in [0.3, 0.4) is 0 Å². The van der Waals surface area contributed by atoms with Crippen molar-refractivity contribution in [2.24, 2.45) is 0 Å². The van der Waals surface area contributed by atoms with Crippen molar-refractivity contribution < 1.29 is 58.1 Å². The average Bonchev–Trinajstić information content (AvgIpc) is 1.54. The van der Waals surface area contributed by atoms with Crippen molar-refractivity contribution in [3.63, 3.8) is 0 Å². The molecule has 4 N–H and O–H groups in total. The molecule has 2 aromatic carbocycles. The van der Waals surface area contributed by atoms with Crippen molar-refractivity contribution >= 4 is 23.7 Å². The van der Waals surface area contributed by atoms with Crippen LogP contribution in [-0.2, 0) is 23.8 Å². The van der Waals surface area contributed by atoms with Crippen molar-refractivity contribution in [1.82, 2.24) is 9.55 Å². The maximum Gasteiger partial charge on any atom is 0.351 e. The van der Waals surface area contributed by atoms with Crippen LogP contribution >= 0.6 is 0 Å². The van der Waals surface area contributed by atoms with Crippen molar-refractivity contribution in [1.29, 1.82) is 0 Å². The zero-order chi connectivity index (χ0) is 70.4. The lowest BCUT2D eigenvalue weighted by Gasteiger charge is -2.39. The van der Waals surface area contributed by atoms with Gasteiger partial charge in [-0.3, -0.25) is 19.0 Å². The molecule has 558 valence electrons. The third-order valence-electron chi connectivity index (χ3n) is 19.6. The molecule has 0 saturated carbocycles. The number of benzene rings is 2. The molecule has 4 rings (SSSR count). The maximum absolute atomic E-state index is 14.0. The van der Waals surface area contributed by atoms with Gasteiger partial charge in [-0.15, -0.1) is 0 Å². The number of anilines is 1. The number of unbranched alkanes of at least 4 members (excludes halogenated alkanes) is 45. The molecule has 0 aliphatic carbocycles. The highest BCUT2D eigenvalue weighted by molar-refractivity contribution is 6.03. The maximum atomic E-state index is 14.0. The first-order valence-corrected chi connectivity index (χ1v) is 40.0. The number of aromatic nitrogens is 2. The van der Waals surface area contributed by atoms with Gasteiger partial charge in [-0.05, 0) is 49.6 Å². The van der Waals surface area contributed by atoms with Gasteiger partial charge in [-0.2, -0.15) is 4.98 Å². The van der Waals surface area contributed by atoms with Gasteiger partial charge in [-0.1, -0.05) is 328 Å². The van der Waals surface area contributed by atoms with Crippen molar-refractivity contribution in [2.45, 2.75) is 372 Å². The summed E-state index contributed by atoms with van der Waals surface area (Å²) >= 11 is 0. The quantitative estimate of drug-likeness (QED) is 0.0306. The number of esters is 1. The lowest BCUT2D eigenvalue weighted by atomic mass is 9.82. The molecular formula is C82H137N3O13. The Hall–Kier alpha value is -5.03. The molecule has 1 saturated heterocycles. The molecule has 0 bridgehead atoms. The third kappa shape index (κ3) is 35.5. The van der Waals surface area contributed by atoms with Gasteiger partial charge in [0.2, 0.25) is 5.75 Å². The largest absolute Gasteiger partial charge is 0.490 e. The molecule has 1 fully saturated rings. The number of nitrogens with zero attached hydrogens (tertiary/aromatic N) is 2. The highest BCUT2D eigenvalue weighted by Gasteiger charge is 2.63. The van der Waals surface area contributed by atoms with E-state index in [-0.39, 0.29) is 11.4 Å². The van der Waals surface area contributed by atoms with Gasteiger partial charge in [0.25, 0.3) is 5.91 Å². The summed E-state index contributed by atoms with van der Waals surface area (Å²) in [7, 11) is 1.30. The average molecular weight is 1370 g/mol. The van der Waals surface area contributed by atoms with Gasteiger partial charge in [0.05, 0.1) is 39.3 Å². The SMILES string of the molecule is CCCCCCCCCCCCCCCCCCOc1cc(C(OC(=O)CCC(=O)O)[C@@]2(O)[C@@H](CO)O[C@@H](n3ccc(NC(=O)c4ccccc4)nc3=O)[C@@H]2OC)cc(OCCCCCCCCCCCCCCCCCC)c1OCCCCCCCCCCCCCCCCCC. The summed E-state index contributed by atoms with van der Waals surface area (Å²) in [5.74, 6) is -1.67. The van der Waals surface area contributed by atoms with Gasteiger partial charge >= 0.3 is 17.6 Å². The van der Waals surface area contributed by atoms with Crippen LogP contribution in [0.4, 0.5) is 5.82 Å². The molecule has 1 unspecified atom stereocenters. The first-order chi connectivity index (χ1) is 48.0. The van der Waals surface area contributed by atoms with Crippen LogP contribution in [-0.4, -0.2) is 94.1 Å². The van der Waals surface area contributed by atoms with E-state index < -0.39 is 73.1 Å². The van der Waals surface area contributed by atoms with Crippen LogP contribution in [0.25, 0.3) is 0 Å². The van der Waals surface area contributed by atoms with Crippen LogP contribution in [0.1, 0.15) is 370 Å². The minimum Gasteiger partial charge on any atom is -0.490 e. The van der Waals surface area contributed by atoms with E-state index in [0.29, 0.717) is 42.6 Å². The summed E-state index contributed by atoms with van der Waals surface area (Å²) in [6.07, 6.45) is 53.5. The first kappa shape index (κ1) is 85.4. The fourth-order valence-electron chi connectivity index (χ4n) is 13.7. The predicted octanol–water partition coefficient (Wildman–Crippen LogP) is 21.2. The number of aliphatic hydroxyl groups is 2. The number of hydrogen-bond acceptors (Lipinski definition) is 13. The Labute approximate surface area is 593 Å². The third-order valence-corrected chi connectivity index (χ3v) is 19.6. The second kappa shape index (κ2) is 55.6. The molecule has 16 nitrogen and oxygen atoms in total. The zero-order valence-electron chi connectivity index (χ0n) is 62.0. The van der Waals surface area contributed by atoms with E-state index in [4.69, 9.17) is 28.4 Å². The number of carbonyl (C=O) groups is 3. The molecule has 0 radical (unpaired) electrons. The Morgan fingerprint density at radius 3 is 1.24 bits per heavy atom. The lowest BCUT2D eigenvalue weighted by Crippen LogP contribution is -2.55. The van der Waals surface area contributed by atoms with Gasteiger partial charge in [0.15, 0.2) is 29.4 Å². The van der Waals surface area contributed by atoms with Gasteiger partial charge in [0, 0.05) is 24.4 Å². The predicted molar refractivity (Wildman–Crippen MR) is 397 cm³/mol. The summed E-state index contributed by atoms with van der Waals surface area (Å²) < 4.78 is 40.1. The number of rotatable bonds is 65. The fraction of sp³-hybridized carbons (Fsp3) is 0.768. The topological polar surface area (TPSA) is 214 Å². The van der Waals surface area contributed by atoms with Crippen LogP contribution < -0.4 is 25.2 Å². The normalized spacial score (nSPS) is 16.3. The number of hydrogen-bond donors (Lipinski definition) is 4. The van der Waals surface area contributed by atoms with Gasteiger partial charge < -0.3 is 49.1 Å². The van der Waals surface area contributed by atoms with Crippen molar-refractivity contribution in [3.8, 4) is 17.2 Å². The number of carboxylic acids is 1. The molecule has 1 aliphatic rings. The fourth-order valence-corrected chi connectivity index (χ4v) is 13.7. The summed E-state index contributed by atoms with van der Waals surface area (Å²) in [6.45, 7) is 7.06. The Morgan fingerprint density at radius 2 is 0.898 bits per heavy atom. The second-order valence-electron chi connectivity index (χ2n) is 28.1. The smallest absolute Gasteiger partial charge is 0.351 e. The number of nitrogens with one attached hydrogen (secondary N) is 1. The van der Waals surface area contributed by atoms with E-state index in [0.717, 1.165) is 75.2 Å². The van der Waals surface area contributed by atoms with Crippen LogP contribution in [0, 0.1) is 0 Å². The van der Waals surface area contributed by atoms with Gasteiger partial charge in [-0.25, -0.2) is 4.79 Å². The van der Waals surface area contributed by atoms with Crippen LogP contribution in [0.15, 0.2) is 59.5 Å². The second-order valence-corrected chi connectivity index (χ2v) is 28.1. The summed E-state index contributed by atoms with van der Waals surface area (Å²) in [6, 6.07) is 13.2. The van der Waals surface area contributed by atoms with Crippen molar-refractivity contribution in [2.75, 3.05) is 38.9 Å². The number of ether oxygens (including phenoxy) is 6. The van der Waals surface area contributed by atoms with Gasteiger partial charge in [0.1, 0.15) is 18.0 Å². The van der Waals surface area contributed by atoms with E-state index in [2.05, 4.69) is 31.1 Å². The monoisotopic (exact) mass is 1370 g/mol. The van der Waals surface area contributed by atoms with E-state index in [1.54, 1.807) is 42.5 Å². The van der Waals surface area contributed by atoms with Crippen LogP contribution in [0.5, 0.6) is 17.2 Å². The van der Waals surface area contributed by atoms with E-state index in [1.807, 2.05) is 0 Å². The number of carboxylic acid groups (broad SMARTS) is 1. The molecule has 1 aliphatic heterocycles. The van der Waals surface area contributed by atoms with E-state index in [1.165, 1.54) is 257 Å². The van der Waals surface area contributed by atoms with E-state index >= 15 is 0 Å². The molecule has 16 heteroatoms. The Kier molecular flexibility index (Phi) is 48.5. The standard InChI is InChI=1S/C82H137N3O13/c1-5-8-11-14-17-20-23-26-29-32-35-38-41-44-47-53-62-94-70-65-69(77(98-75(89)59-58-74(87)88)82(92)72(67-86)97-80(78(82)93-4)85-61-60-73(84-81(85)91)83-79(90)68-56-51-50-52-57-68)66-71(95-63-54-48-45-42-39-36-33-30-27-24-21-18-15-12-9-6-2)76(70)96-64-55-49-46-43-40-37-34-31-28-25-22-19-16-13-10-7-3/h50-52,56-57,60-61,65-66,72,77-78,80,86,92H,5-49,53-55,58-59,62-64,67H2,1-4H3,(H,87,88)(H,83,84,90,91)/t72-,77?,78+,80-,82+/m1/s1. The summed E-state index contributed by atoms with van der Waals surface area (Å²) in [5.41, 5.74) is -2.79. The highest BCUT2D eigenvalue weighted by Crippen LogP contribution is 2.50. The highest BCUT2D eigenvalue weighted by atomic mass is 16.6. The molecule has 0 spiro atoms. The molecule has 1 aromatic heterocycles. The molecule has 2 heterocycles. The first-order valence-electron chi connectivity index (χ1n) is 40.0. The molecular weight excluding hydrogens is 1230 g/mol. The number of aliphatic carboxylic acids is 1. The molecule has 98 heavy (non-hydrogen) atoms. The Morgan fingerprint density at radius 1 is 0.531 bits per heavy atom. The number of aliphatic hydroxyl groups excluding tert-OH is 1. The van der Waals surface area contributed by atoms with Crippen LogP contribution in [0.2, 0.25) is 0 Å². The van der Waals surface area contributed by atoms with E-state index in [9.17, 15) is 34.5 Å². The number of amides is 1. The summed E-state index contributed by atoms with van der Waals surface area (Å²) in [4.78, 5) is 57.1. The summed E-state index contributed by atoms with van der Waals surface area (Å²) in [5, 5.41) is 37.0. The Balaban J connectivity index is 1.59. The number of methoxy groups -OCH3 is 1.